The maximum atomic E-state index is 11.4. The van der Waals surface area contributed by atoms with Crippen molar-refractivity contribution in [2.45, 2.75) is 32.2 Å². The zero-order valence-corrected chi connectivity index (χ0v) is 10.9. The average molecular weight is 261 g/mol. The fraction of sp³-hybridized carbons (Fsp3) is 0.545. The molecule has 90 valence electrons. The number of hydrogen-bond donors (Lipinski definition) is 2. The lowest BCUT2D eigenvalue weighted by molar-refractivity contribution is -0.121. The molecule has 3 nitrogen and oxygen atoms in total. The second-order valence-corrected chi connectivity index (χ2v) is 5.48. The summed E-state index contributed by atoms with van der Waals surface area (Å²) >= 11 is 7.35. The fourth-order valence-electron chi connectivity index (χ4n) is 1.27. The molecule has 0 saturated carbocycles. The largest absolute Gasteiger partial charge is 0.356 e. The Bertz CT molecular complexity index is 340. The van der Waals surface area contributed by atoms with Crippen LogP contribution in [0.3, 0.4) is 0 Å². The summed E-state index contributed by atoms with van der Waals surface area (Å²) < 4.78 is 0.786. The van der Waals surface area contributed by atoms with E-state index in [1.165, 1.54) is 4.88 Å². The van der Waals surface area contributed by atoms with Gasteiger partial charge in [-0.3, -0.25) is 4.79 Å². The average Bonchev–Trinajstić information content (AvgIpc) is 2.64. The van der Waals surface area contributed by atoms with Crippen molar-refractivity contribution in [1.82, 2.24) is 5.32 Å². The highest BCUT2D eigenvalue weighted by Crippen LogP contribution is 2.21. The van der Waals surface area contributed by atoms with E-state index in [4.69, 9.17) is 17.3 Å². The number of nitrogens with two attached hydrogens (primary N) is 1. The zero-order chi connectivity index (χ0) is 12.0. The standard InChI is InChI=1S/C11H17ClN2OS/c1-2-8(13)7-11(15)14-6-5-9-3-4-10(12)16-9/h3-4,8H,2,5-7,13H2,1H3,(H,14,15). The lowest BCUT2D eigenvalue weighted by Crippen LogP contribution is -2.32. The minimum absolute atomic E-state index is 0.0250. The molecule has 16 heavy (non-hydrogen) atoms. The summed E-state index contributed by atoms with van der Waals surface area (Å²) in [6.45, 7) is 2.62. The predicted molar refractivity (Wildman–Crippen MR) is 68.9 cm³/mol. The van der Waals surface area contributed by atoms with E-state index in [2.05, 4.69) is 5.32 Å². The minimum atomic E-state index is -0.0313. The van der Waals surface area contributed by atoms with Gasteiger partial charge in [0.2, 0.25) is 5.91 Å². The second-order valence-electron chi connectivity index (χ2n) is 3.68. The van der Waals surface area contributed by atoms with Crippen LogP contribution in [0.4, 0.5) is 0 Å². The zero-order valence-electron chi connectivity index (χ0n) is 9.33. The smallest absolute Gasteiger partial charge is 0.221 e. The molecule has 1 unspecified atom stereocenters. The molecule has 1 heterocycles. The summed E-state index contributed by atoms with van der Waals surface area (Å²) in [6, 6.07) is 3.82. The monoisotopic (exact) mass is 260 g/mol. The lowest BCUT2D eigenvalue weighted by atomic mass is 10.1. The quantitative estimate of drug-likeness (QED) is 0.824. The van der Waals surface area contributed by atoms with Crippen molar-refractivity contribution in [3.05, 3.63) is 21.3 Å². The van der Waals surface area contributed by atoms with Gasteiger partial charge in [-0.05, 0) is 25.0 Å². The van der Waals surface area contributed by atoms with Crippen molar-refractivity contribution >= 4 is 28.8 Å². The Morgan fingerprint density at radius 2 is 2.38 bits per heavy atom. The first-order valence-corrected chi connectivity index (χ1v) is 6.57. The van der Waals surface area contributed by atoms with Gasteiger partial charge in [-0.25, -0.2) is 0 Å². The summed E-state index contributed by atoms with van der Waals surface area (Å²) in [7, 11) is 0. The number of halogens is 1. The van der Waals surface area contributed by atoms with Crippen LogP contribution in [0.2, 0.25) is 4.34 Å². The van der Waals surface area contributed by atoms with Gasteiger partial charge in [0.25, 0.3) is 0 Å². The van der Waals surface area contributed by atoms with E-state index in [0.29, 0.717) is 13.0 Å². The molecule has 1 aromatic heterocycles. The van der Waals surface area contributed by atoms with Crippen LogP contribution in [0, 0.1) is 0 Å². The highest BCUT2D eigenvalue weighted by atomic mass is 35.5. The van der Waals surface area contributed by atoms with Crippen LogP contribution in [0.25, 0.3) is 0 Å². The van der Waals surface area contributed by atoms with Gasteiger partial charge in [0, 0.05) is 23.9 Å². The summed E-state index contributed by atoms with van der Waals surface area (Å²) in [5, 5.41) is 2.85. The molecule has 0 aliphatic heterocycles. The van der Waals surface area contributed by atoms with Crippen molar-refractivity contribution in [3.63, 3.8) is 0 Å². The molecule has 0 spiro atoms. The third-order valence-corrected chi connectivity index (χ3v) is 3.59. The molecule has 0 aliphatic rings. The number of amides is 1. The van der Waals surface area contributed by atoms with Crippen molar-refractivity contribution in [2.24, 2.45) is 5.73 Å². The minimum Gasteiger partial charge on any atom is -0.356 e. The van der Waals surface area contributed by atoms with E-state index in [1.807, 2.05) is 19.1 Å². The normalized spacial score (nSPS) is 12.4. The number of hydrogen-bond acceptors (Lipinski definition) is 3. The molecule has 3 N–H and O–H groups in total. The van der Waals surface area contributed by atoms with Gasteiger partial charge >= 0.3 is 0 Å². The first-order chi connectivity index (χ1) is 7.61. The molecule has 0 radical (unpaired) electrons. The van der Waals surface area contributed by atoms with Crippen molar-refractivity contribution in [1.29, 1.82) is 0 Å². The molecule has 1 atom stereocenters. The Balaban J connectivity index is 2.18. The van der Waals surface area contributed by atoms with E-state index >= 15 is 0 Å². The van der Waals surface area contributed by atoms with E-state index < -0.39 is 0 Å². The predicted octanol–water partition coefficient (Wildman–Crippen LogP) is 2.19. The molecule has 1 amide bonds. The topological polar surface area (TPSA) is 55.1 Å². The Kier molecular flexibility index (Phi) is 5.80. The van der Waals surface area contributed by atoms with Crippen molar-refractivity contribution in [2.75, 3.05) is 6.54 Å². The maximum absolute atomic E-state index is 11.4. The van der Waals surface area contributed by atoms with E-state index in [-0.39, 0.29) is 11.9 Å². The highest BCUT2D eigenvalue weighted by Gasteiger charge is 2.06. The number of carbonyl (C=O) groups excluding carboxylic acids is 1. The molecule has 0 aromatic carbocycles. The van der Waals surface area contributed by atoms with Crippen molar-refractivity contribution in [3.8, 4) is 0 Å². The Morgan fingerprint density at radius 1 is 1.62 bits per heavy atom. The molecule has 0 bridgehead atoms. The molecular formula is C11H17ClN2OS. The molecule has 0 aliphatic carbocycles. The van der Waals surface area contributed by atoms with Gasteiger partial charge in [0.1, 0.15) is 0 Å². The SMILES string of the molecule is CCC(N)CC(=O)NCCc1ccc(Cl)s1. The van der Waals surface area contributed by atoms with Crippen LogP contribution in [0.5, 0.6) is 0 Å². The number of nitrogens with one attached hydrogen (secondary N) is 1. The third kappa shape index (κ3) is 4.96. The van der Waals surface area contributed by atoms with Gasteiger partial charge in [-0.15, -0.1) is 11.3 Å². The van der Waals surface area contributed by atoms with Crippen LogP contribution in [0.15, 0.2) is 12.1 Å². The summed E-state index contributed by atoms with van der Waals surface area (Å²) in [5.41, 5.74) is 5.68. The Morgan fingerprint density at radius 3 is 2.94 bits per heavy atom. The summed E-state index contributed by atoms with van der Waals surface area (Å²) in [6.07, 6.45) is 2.06. The van der Waals surface area contributed by atoms with Crippen LogP contribution < -0.4 is 11.1 Å². The Hall–Kier alpha value is -0.580. The van der Waals surface area contributed by atoms with Crippen LogP contribution in [-0.2, 0) is 11.2 Å². The van der Waals surface area contributed by atoms with E-state index in [0.717, 1.165) is 17.2 Å². The maximum Gasteiger partial charge on any atom is 0.221 e. The molecule has 0 fully saturated rings. The highest BCUT2D eigenvalue weighted by molar-refractivity contribution is 7.16. The van der Waals surface area contributed by atoms with Gasteiger partial charge in [0.05, 0.1) is 4.34 Å². The van der Waals surface area contributed by atoms with Gasteiger partial charge in [-0.1, -0.05) is 18.5 Å². The van der Waals surface area contributed by atoms with Crippen LogP contribution >= 0.6 is 22.9 Å². The van der Waals surface area contributed by atoms with Gasteiger partial charge in [0.15, 0.2) is 0 Å². The molecule has 5 heteroatoms. The first kappa shape index (κ1) is 13.5. The number of thiophene rings is 1. The van der Waals surface area contributed by atoms with E-state index in [1.54, 1.807) is 11.3 Å². The first-order valence-electron chi connectivity index (χ1n) is 5.38. The van der Waals surface area contributed by atoms with Crippen molar-refractivity contribution < 1.29 is 4.79 Å². The molecule has 1 aromatic rings. The number of rotatable bonds is 6. The summed E-state index contributed by atoms with van der Waals surface area (Å²) in [5.74, 6) is 0.0250. The summed E-state index contributed by atoms with van der Waals surface area (Å²) in [4.78, 5) is 12.6. The van der Waals surface area contributed by atoms with Crippen LogP contribution in [0.1, 0.15) is 24.6 Å². The lowest BCUT2D eigenvalue weighted by Gasteiger charge is -2.08. The molecule has 1 rings (SSSR count). The van der Waals surface area contributed by atoms with Crippen LogP contribution in [-0.4, -0.2) is 18.5 Å². The molecular weight excluding hydrogens is 244 g/mol. The second kappa shape index (κ2) is 6.89. The Labute approximate surface area is 105 Å². The molecule has 0 saturated heterocycles. The fourth-order valence-corrected chi connectivity index (χ4v) is 2.35. The van der Waals surface area contributed by atoms with Gasteiger partial charge in [-0.2, -0.15) is 0 Å². The van der Waals surface area contributed by atoms with Gasteiger partial charge < -0.3 is 11.1 Å². The van der Waals surface area contributed by atoms with E-state index in [9.17, 15) is 4.79 Å². The number of carbonyl (C=O) groups is 1. The third-order valence-electron chi connectivity index (χ3n) is 2.29.